The summed E-state index contributed by atoms with van der Waals surface area (Å²) in [6, 6.07) is 5.78. The Labute approximate surface area is 126 Å². The van der Waals surface area contributed by atoms with Crippen molar-refractivity contribution in [2.45, 2.75) is 19.9 Å². The van der Waals surface area contributed by atoms with Crippen LogP contribution >= 0.6 is 11.6 Å². The first-order valence-electron chi connectivity index (χ1n) is 6.59. The Bertz CT molecular complexity index is 766. The average molecular weight is 307 g/mol. The van der Waals surface area contributed by atoms with Crippen molar-refractivity contribution in [2.75, 3.05) is 13.0 Å². The van der Waals surface area contributed by atoms with E-state index >= 15 is 0 Å². The summed E-state index contributed by atoms with van der Waals surface area (Å²) in [4.78, 5) is 8.86. The number of ether oxygens (including phenoxy) is 1. The van der Waals surface area contributed by atoms with Crippen molar-refractivity contribution >= 4 is 22.6 Å². The Balaban J connectivity index is 2.09. The summed E-state index contributed by atoms with van der Waals surface area (Å²) < 4.78 is 12.4. The normalized spacial score (nSPS) is 11.2. The first kappa shape index (κ1) is 13.9. The fourth-order valence-corrected chi connectivity index (χ4v) is 2.45. The Hall–Kier alpha value is -2.08. The molecule has 1 aromatic carbocycles. The quantitative estimate of drug-likeness (QED) is 0.678. The molecule has 0 saturated carbocycles. The molecule has 0 unspecified atom stereocenters. The van der Waals surface area contributed by atoms with Gasteiger partial charge in [0.15, 0.2) is 5.82 Å². The van der Waals surface area contributed by atoms with Crippen LogP contribution in [-0.4, -0.2) is 32.7 Å². The molecule has 3 rings (SSSR count). The minimum Gasteiger partial charge on any atom is -0.497 e. The van der Waals surface area contributed by atoms with Crippen molar-refractivity contribution in [2.24, 2.45) is 0 Å². The number of hydrogen-bond donors (Lipinski definition) is 0. The number of halogens is 1. The summed E-state index contributed by atoms with van der Waals surface area (Å²) in [7, 11) is 1.64. The van der Waals surface area contributed by atoms with Crippen molar-refractivity contribution in [3.05, 3.63) is 35.7 Å². The topological polar surface area (TPSA) is 66.0 Å². The summed E-state index contributed by atoms with van der Waals surface area (Å²) in [5, 5.41) is 3.94. The predicted molar refractivity (Wildman–Crippen MR) is 78.8 cm³/mol. The van der Waals surface area contributed by atoms with Crippen molar-refractivity contribution in [1.82, 2.24) is 19.7 Å². The average Bonchev–Trinajstić information content (AvgIpc) is 3.04. The zero-order chi connectivity index (χ0) is 14.8. The summed E-state index contributed by atoms with van der Waals surface area (Å²) >= 11 is 5.87. The third-order valence-electron chi connectivity index (χ3n) is 3.22. The molecular weight excluding hydrogens is 292 g/mol. The third-order valence-corrected chi connectivity index (χ3v) is 3.41. The van der Waals surface area contributed by atoms with Crippen LogP contribution in [0.5, 0.6) is 5.75 Å². The molecule has 0 aliphatic rings. The SMILES string of the molecule is COc1ccc2nc(CCCl)n(Cc3noc(C)n3)c2c1. The molecule has 0 aliphatic carbocycles. The number of benzene rings is 1. The number of nitrogens with zero attached hydrogens (tertiary/aromatic N) is 4. The van der Waals surface area contributed by atoms with Crippen molar-refractivity contribution in [3.63, 3.8) is 0 Å². The van der Waals surface area contributed by atoms with E-state index in [1.165, 1.54) is 0 Å². The molecule has 0 N–H and O–H groups in total. The fraction of sp³-hybridized carbons (Fsp3) is 0.357. The van der Waals surface area contributed by atoms with Gasteiger partial charge in [0, 0.05) is 25.3 Å². The van der Waals surface area contributed by atoms with Gasteiger partial charge in [-0.05, 0) is 12.1 Å². The predicted octanol–water partition coefficient (Wildman–Crippen LogP) is 2.57. The maximum atomic E-state index is 5.87. The molecule has 0 fully saturated rings. The van der Waals surface area contributed by atoms with Gasteiger partial charge in [0.1, 0.15) is 11.6 Å². The van der Waals surface area contributed by atoms with Gasteiger partial charge in [-0.3, -0.25) is 0 Å². The van der Waals surface area contributed by atoms with Gasteiger partial charge in [-0.2, -0.15) is 4.98 Å². The minimum atomic E-state index is 0.493. The smallest absolute Gasteiger partial charge is 0.223 e. The molecular formula is C14H15ClN4O2. The summed E-state index contributed by atoms with van der Waals surface area (Å²) in [5.41, 5.74) is 1.87. The van der Waals surface area contributed by atoms with Crippen LogP contribution in [0.1, 0.15) is 17.5 Å². The molecule has 7 heteroatoms. The standard InChI is InChI=1S/C14H15ClN4O2/c1-9-16-13(18-21-9)8-19-12-7-10(20-2)3-4-11(12)17-14(19)5-6-15/h3-4,7H,5-6,8H2,1-2H3. The molecule has 0 radical (unpaired) electrons. The summed E-state index contributed by atoms with van der Waals surface area (Å²) in [6.45, 7) is 2.26. The van der Waals surface area contributed by atoms with Gasteiger partial charge in [-0.15, -0.1) is 11.6 Å². The molecule has 0 aliphatic heterocycles. The number of imidazole rings is 1. The van der Waals surface area contributed by atoms with Crippen LogP contribution in [0.4, 0.5) is 0 Å². The number of alkyl halides is 1. The van der Waals surface area contributed by atoms with E-state index in [4.69, 9.17) is 20.9 Å². The van der Waals surface area contributed by atoms with Crippen molar-refractivity contribution < 1.29 is 9.26 Å². The van der Waals surface area contributed by atoms with E-state index in [9.17, 15) is 0 Å². The molecule has 21 heavy (non-hydrogen) atoms. The van der Waals surface area contributed by atoms with E-state index in [0.29, 0.717) is 30.6 Å². The van der Waals surface area contributed by atoms with Crippen LogP contribution in [-0.2, 0) is 13.0 Å². The molecule has 0 saturated heterocycles. The molecule has 0 bridgehead atoms. The Morgan fingerprint density at radius 1 is 1.33 bits per heavy atom. The minimum absolute atomic E-state index is 0.493. The van der Waals surface area contributed by atoms with Crippen molar-refractivity contribution in [3.8, 4) is 5.75 Å². The Morgan fingerprint density at radius 2 is 2.19 bits per heavy atom. The van der Waals surface area contributed by atoms with E-state index < -0.39 is 0 Å². The lowest BCUT2D eigenvalue weighted by Crippen LogP contribution is -2.07. The number of aromatic nitrogens is 4. The lowest BCUT2D eigenvalue weighted by atomic mass is 10.3. The van der Waals surface area contributed by atoms with Gasteiger partial charge in [0.2, 0.25) is 5.89 Å². The highest BCUT2D eigenvalue weighted by molar-refractivity contribution is 6.17. The number of aryl methyl sites for hydroxylation is 2. The van der Waals surface area contributed by atoms with Crippen LogP contribution in [0, 0.1) is 6.92 Å². The summed E-state index contributed by atoms with van der Waals surface area (Å²) in [6.07, 6.45) is 0.676. The maximum absolute atomic E-state index is 5.87. The zero-order valence-electron chi connectivity index (χ0n) is 11.8. The monoisotopic (exact) mass is 306 g/mol. The molecule has 3 aromatic rings. The molecule has 0 spiro atoms. The highest BCUT2D eigenvalue weighted by Gasteiger charge is 2.14. The van der Waals surface area contributed by atoms with Crippen LogP contribution in [0.2, 0.25) is 0 Å². The Kier molecular flexibility index (Phi) is 3.79. The molecule has 0 amide bonds. The van der Waals surface area contributed by atoms with Crippen LogP contribution in [0.15, 0.2) is 22.7 Å². The van der Waals surface area contributed by atoms with Gasteiger partial charge in [0.05, 0.1) is 24.7 Å². The molecule has 6 nitrogen and oxygen atoms in total. The molecule has 110 valence electrons. The third kappa shape index (κ3) is 2.71. The van der Waals surface area contributed by atoms with Crippen LogP contribution in [0.3, 0.4) is 0 Å². The Morgan fingerprint density at radius 3 is 2.86 bits per heavy atom. The van der Waals surface area contributed by atoms with Gasteiger partial charge >= 0.3 is 0 Å². The number of rotatable bonds is 5. The first-order chi connectivity index (χ1) is 10.2. The lowest BCUT2D eigenvalue weighted by molar-refractivity contribution is 0.386. The zero-order valence-corrected chi connectivity index (χ0v) is 12.6. The van der Waals surface area contributed by atoms with Gasteiger partial charge in [0.25, 0.3) is 0 Å². The van der Waals surface area contributed by atoms with E-state index in [0.717, 1.165) is 22.6 Å². The second-order valence-electron chi connectivity index (χ2n) is 4.64. The fourth-order valence-electron chi connectivity index (χ4n) is 2.28. The van der Waals surface area contributed by atoms with E-state index in [-0.39, 0.29) is 0 Å². The second kappa shape index (κ2) is 5.73. The first-order valence-corrected chi connectivity index (χ1v) is 7.13. The second-order valence-corrected chi connectivity index (χ2v) is 5.02. The van der Waals surface area contributed by atoms with Gasteiger partial charge < -0.3 is 13.8 Å². The maximum Gasteiger partial charge on any atom is 0.223 e. The lowest BCUT2D eigenvalue weighted by Gasteiger charge is -2.06. The van der Waals surface area contributed by atoms with Crippen molar-refractivity contribution in [1.29, 1.82) is 0 Å². The van der Waals surface area contributed by atoms with E-state index in [1.54, 1.807) is 14.0 Å². The van der Waals surface area contributed by atoms with Crippen LogP contribution < -0.4 is 4.74 Å². The molecule has 0 atom stereocenters. The molecule has 2 aromatic heterocycles. The summed E-state index contributed by atoms with van der Waals surface area (Å²) in [5.74, 6) is 3.35. The van der Waals surface area contributed by atoms with Gasteiger partial charge in [-0.25, -0.2) is 4.98 Å². The molecule has 2 heterocycles. The van der Waals surface area contributed by atoms with E-state index in [2.05, 4.69) is 15.1 Å². The van der Waals surface area contributed by atoms with Gasteiger partial charge in [-0.1, -0.05) is 5.16 Å². The number of hydrogen-bond acceptors (Lipinski definition) is 5. The largest absolute Gasteiger partial charge is 0.497 e. The van der Waals surface area contributed by atoms with Crippen LogP contribution in [0.25, 0.3) is 11.0 Å². The number of fused-ring (bicyclic) bond motifs is 1. The highest BCUT2D eigenvalue weighted by atomic mass is 35.5. The highest BCUT2D eigenvalue weighted by Crippen LogP contribution is 2.23. The van der Waals surface area contributed by atoms with E-state index in [1.807, 2.05) is 22.8 Å². The number of methoxy groups -OCH3 is 1.